The van der Waals surface area contributed by atoms with Crippen molar-refractivity contribution >= 4 is 11.8 Å². The summed E-state index contributed by atoms with van der Waals surface area (Å²) < 4.78 is 0. The van der Waals surface area contributed by atoms with E-state index in [0.29, 0.717) is 12.8 Å². The summed E-state index contributed by atoms with van der Waals surface area (Å²) in [6.45, 7) is 0. The number of carboxylic acid groups (broad SMARTS) is 1. The molecule has 1 aliphatic carbocycles. The van der Waals surface area contributed by atoms with Gasteiger partial charge in [0, 0.05) is 29.9 Å². The maximum atomic E-state index is 12.8. The lowest BCUT2D eigenvalue weighted by Gasteiger charge is -2.20. The highest BCUT2D eigenvalue weighted by atomic mass is 16.4. The molecule has 0 radical (unpaired) electrons. The molecule has 3 heteroatoms. The Bertz CT molecular complexity index is 839. The molecule has 0 saturated carbocycles. The summed E-state index contributed by atoms with van der Waals surface area (Å²) >= 11 is 0. The monoisotopic (exact) mass is 318 g/mol. The SMILES string of the molecule is O=C(O)CCCC(=O)C1Cc2ccccc2C#Cc2ccccc21. The lowest BCUT2D eigenvalue weighted by molar-refractivity contribution is -0.137. The zero-order valence-corrected chi connectivity index (χ0v) is 13.3. The van der Waals surface area contributed by atoms with E-state index in [1.165, 1.54) is 0 Å². The Hall–Kier alpha value is -2.86. The molecule has 0 bridgehead atoms. The van der Waals surface area contributed by atoms with Gasteiger partial charge in [-0.25, -0.2) is 0 Å². The highest BCUT2D eigenvalue weighted by Gasteiger charge is 2.24. The molecule has 0 aromatic heterocycles. The second-order valence-electron chi connectivity index (χ2n) is 5.96. The van der Waals surface area contributed by atoms with Gasteiger partial charge < -0.3 is 5.11 Å². The van der Waals surface area contributed by atoms with Gasteiger partial charge in [0.2, 0.25) is 0 Å². The van der Waals surface area contributed by atoms with Gasteiger partial charge in [-0.15, -0.1) is 0 Å². The minimum atomic E-state index is -0.864. The zero-order valence-electron chi connectivity index (χ0n) is 13.3. The molecule has 0 spiro atoms. The Labute approximate surface area is 141 Å². The van der Waals surface area contributed by atoms with E-state index < -0.39 is 5.97 Å². The van der Waals surface area contributed by atoms with Crippen molar-refractivity contribution in [2.45, 2.75) is 31.6 Å². The van der Waals surface area contributed by atoms with Gasteiger partial charge in [-0.3, -0.25) is 9.59 Å². The van der Waals surface area contributed by atoms with Crippen LogP contribution in [0.2, 0.25) is 0 Å². The molecule has 0 aliphatic heterocycles. The minimum Gasteiger partial charge on any atom is -0.481 e. The molecule has 120 valence electrons. The number of rotatable bonds is 5. The number of aliphatic carboxylic acids is 1. The van der Waals surface area contributed by atoms with E-state index in [4.69, 9.17) is 5.11 Å². The van der Waals surface area contributed by atoms with Crippen LogP contribution in [-0.4, -0.2) is 16.9 Å². The van der Waals surface area contributed by atoms with E-state index in [1.54, 1.807) is 0 Å². The molecule has 2 aromatic carbocycles. The molecule has 1 aliphatic rings. The Morgan fingerprint density at radius 2 is 1.62 bits per heavy atom. The molecular formula is C21H18O3. The van der Waals surface area contributed by atoms with Crippen molar-refractivity contribution in [3.05, 3.63) is 70.8 Å². The zero-order chi connectivity index (χ0) is 16.9. The number of carbonyl (C=O) groups is 2. The smallest absolute Gasteiger partial charge is 0.303 e. The average Bonchev–Trinajstić information content (AvgIpc) is 2.56. The van der Waals surface area contributed by atoms with E-state index in [2.05, 4.69) is 11.8 Å². The highest BCUT2D eigenvalue weighted by molar-refractivity contribution is 5.87. The summed E-state index contributed by atoms with van der Waals surface area (Å²) in [5, 5.41) is 8.78. The number of carbonyl (C=O) groups excluding carboxylic acids is 1. The van der Waals surface area contributed by atoms with Crippen LogP contribution in [0.4, 0.5) is 0 Å². The summed E-state index contributed by atoms with van der Waals surface area (Å²) in [6.07, 6.45) is 1.28. The van der Waals surface area contributed by atoms with E-state index in [9.17, 15) is 9.59 Å². The Morgan fingerprint density at radius 1 is 0.958 bits per heavy atom. The number of carboxylic acids is 1. The van der Waals surface area contributed by atoms with E-state index in [1.807, 2.05) is 48.5 Å². The van der Waals surface area contributed by atoms with Crippen LogP contribution in [0.3, 0.4) is 0 Å². The number of fused-ring (bicyclic) bond motifs is 2. The van der Waals surface area contributed by atoms with Gasteiger partial charge in [0.15, 0.2) is 0 Å². The van der Waals surface area contributed by atoms with E-state index in [-0.39, 0.29) is 24.5 Å². The van der Waals surface area contributed by atoms with Crippen LogP contribution >= 0.6 is 0 Å². The van der Waals surface area contributed by atoms with Crippen LogP contribution in [0.15, 0.2) is 48.5 Å². The van der Waals surface area contributed by atoms with Crippen molar-refractivity contribution < 1.29 is 14.7 Å². The number of benzene rings is 2. The topological polar surface area (TPSA) is 54.4 Å². The van der Waals surface area contributed by atoms with Gasteiger partial charge in [-0.1, -0.05) is 48.2 Å². The van der Waals surface area contributed by atoms with Crippen molar-refractivity contribution in [2.24, 2.45) is 0 Å². The van der Waals surface area contributed by atoms with Crippen molar-refractivity contribution in [2.75, 3.05) is 0 Å². The van der Waals surface area contributed by atoms with Gasteiger partial charge in [0.25, 0.3) is 0 Å². The molecule has 3 rings (SSSR count). The van der Waals surface area contributed by atoms with Crippen molar-refractivity contribution in [3.8, 4) is 11.8 Å². The van der Waals surface area contributed by atoms with E-state index in [0.717, 1.165) is 22.3 Å². The van der Waals surface area contributed by atoms with Crippen molar-refractivity contribution in [3.63, 3.8) is 0 Å². The third-order valence-electron chi connectivity index (χ3n) is 4.31. The maximum Gasteiger partial charge on any atom is 0.303 e. The molecule has 0 heterocycles. The lowest BCUT2D eigenvalue weighted by Crippen LogP contribution is -2.18. The number of Topliss-reactive ketones (excluding diaryl/α,β-unsaturated/α-hetero) is 1. The van der Waals surface area contributed by atoms with Crippen LogP contribution in [0.1, 0.15) is 47.4 Å². The summed E-state index contributed by atoms with van der Waals surface area (Å²) in [5.41, 5.74) is 3.84. The summed E-state index contributed by atoms with van der Waals surface area (Å²) in [7, 11) is 0. The molecule has 1 N–H and O–H groups in total. The molecule has 1 atom stereocenters. The molecule has 24 heavy (non-hydrogen) atoms. The first-order valence-corrected chi connectivity index (χ1v) is 8.08. The van der Waals surface area contributed by atoms with Gasteiger partial charge >= 0.3 is 5.97 Å². The standard InChI is InChI=1S/C21H18O3/c22-20(10-5-11-21(23)24)19-14-17-8-2-1-6-15(17)12-13-16-7-3-4-9-18(16)19/h1-4,6-9,19H,5,10-11,14H2,(H,23,24). The quantitative estimate of drug-likeness (QED) is 0.858. The van der Waals surface area contributed by atoms with E-state index >= 15 is 0 Å². The summed E-state index contributed by atoms with van der Waals surface area (Å²) in [6, 6.07) is 15.6. The first-order valence-electron chi connectivity index (χ1n) is 8.08. The first-order chi connectivity index (χ1) is 11.6. The van der Waals surface area contributed by atoms with Crippen molar-refractivity contribution in [1.29, 1.82) is 0 Å². The van der Waals surface area contributed by atoms with Crippen LogP contribution in [-0.2, 0) is 16.0 Å². The maximum absolute atomic E-state index is 12.8. The molecule has 2 aromatic rings. The number of hydrogen-bond donors (Lipinski definition) is 1. The van der Waals surface area contributed by atoms with Gasteiger partial charge in [-0.2, -0.15) is 0 Å². The predicted molar refractivity (Wildman–Crippen MR) is 91.8 cm³/mol. The van der Waals surface area contributed by atoms with Crippen molar-refractivity contribution in [1.82, 2.24) is 0 Å². The largest absolute Gasteiger partial charge is 0.481 e. The first kappa shape index (κ1) is 16.0. The van der Waals surface area contributed by atoms with Gasteiger partial charge in [0.1, 0.15) is 5.78 Å². The van der Waals surface area contributed by atoms with Gasteiger partial charge in [0.05, 0.1) is 0 Å². The van der Waals surface area contributed by atoms with Crippen LogP contribution in [0.25, 0.3) is 0 Å². The summed E-state index contributed by atoms with van der Waals surface area (Å²) in [4.78, 5) is 23.5. The second-order valence-corrected chi connectivity index (χ2v) is 5.96. The fraction of sp³-hybridized carbons (Fsp3) is 0.238. The molecular weight excluding hydrogens is 300 g/mol. The predicted octanol–water partition coefficient (Wildman–Crippen LogP) is 3.55. The van der Waals surface area contributed by atoms with Crippen LogP contribution in [0.5, 0.6) is 0 Å². The minimum absolute atomic E-state index is 0.0243. The molecule has 0 fully saturated rings. The average molecular weight is 318 g/mol. The Kier molecular flexibility index (Phi) is 4.77. The molecule has 3 nitrogen and oxygen atoms in total. The highest BCUT2D eigenvalue weighted by Crippen LogP contribution is 2.29. The molecule has 0 saturated heterocycles. The molecule has 0 amide bonds. The van der Waals surface area contributed by atoms with Crippen LogP contribution in [0, 0.1) is 11.8 Å². The fourth-order valence-electron chi connectivity index (χ4n) is 3.07. The number of ketones is 1. The lowest BCUT2D eigenvalue weighted by atomic mass is 9.82. The Balaban J connectivity index is 1.95. The Morgan fingerprint density at radius 3 is 2.42 bits per heavy atom. The number of hydrogen-bond acceptors (Lipinski definition) is 2. The van der Waals surface area contributed by atoms with Gasteiger partial charge in [-0.05, 0) is 36.1 Å². The normalized spacial score (nSPS) is 15.1. The third kappa shape index (κ3) is 3.55. The summed E-state index contributed by atoms with van der Waals surface area (Å²) in [5.74, 6) is 5.33. The second kappa shape index (κ2) is 7.14. The third-order valence-corrected chi connectivity index (χ3v) is 4.31. The molecule has 1 unspecified atom stereocenters. The fourth-order valence-corrected chi connectivity index (χ4v) is 3.07. The van der Waals surface area contributed by atoms with Crippen LogP contribution < -0.4 is 0 Å².